The van der Waals surface area contributed by atoms with Crippen molar-refractivity contribution in [2.75, 3.05) is 17.7 Å². The Kier molecular flexibility index (Phi) is 4.35. The van der Waals surface area contributed by atoms with Gasteiger partial charge in [-0.1, -0.05) is 12.1 Å². The number of para-hydroxylation sites is 2. The second-order valence-electron chi connectivity index (χ2n) is 3.98. The number of carbonyl (C=O) groups excluding carboxylic acids is 1. The van der Waals surface area contributed by atoms with E-state index in [0.29, 0.717) is 11.4 Å². The highest BCUT2D eigenvalue weighted by Gasteiger charge is 2.14. The number of aromatic nitrogens is 1. The fourth-order valence-electron chi connectivity index (χ4n) is 1.70. The van der Waals surface area contributed by atoms with E-state index in [-0.39, 0.29) is 11.4 Å². The summed E-state index contributed by atoms with van der Waals surface area (Å²) in [6.07, 6.45) is 1.34. The van der Waals surface area contributed by atoms with Crippen LogP contribution < -0.4 is 15.4 Å². The molecule has 0 bridgehead atoms. The second kappa shape index (κ2) is 6.38. The van der Waals surface area contributed by atoms with Gasteiger partial charge in [0.05, 0.1) is 18.5 Å². The van der Waals surface area contributed by atoms with Crippen molar-refractivity contribution in [2.24, 2.45) is 0 Å². The van der Waals surface area contributed by atoms with Crippen molar-refractivity contribution in [3.63, 3.8) is 0 Å². The van der Waals surface area contributed by atoms with E-state index in [1.807, 2.05) is 0 Å². The van der Waals surface area contributed by atoms with Crippen molar-refractivity contribution < 1.29 is 19.4 Å². The van der Waals surface area contributed by atoms with E-state index in [2.05, 4.69) is 15.6 Å². The van der Waals surface area contributed by atoms with Gasteiger partial charge in [-0.15, -0.1) is 0 Å². The number of methoxy groups -OCH3 is 1. The molecule has 7 heteroatoms. The summed E-state index contributed by atoms with van der Waals surface area (Å²) in [5.74, 6) is -0.722. The van der Waals surface area contributed by atoms with Crippen LogP contribution in [0, 0.1) is 0 Å². The molecular weight excluding hydrogens is 274 g/mol. The number of aromatic carboxylic acids is 1. The molecule has 0 atom stereocenters. The average Bonchev–Trinajstić information content (AvgIpc) is 2.48. The number of carbonyl (C=O) groups is 2. The zero-order valence-electron chi connectivity index (χ0n) is 11.2. The van der Waals surface area contributed by atoms with Crippen molar-refractivity contribution in [3.05, 3.63) is 48.3 Å². The van der Waals surface area contributed by atoms with Crippen LogP contribution in [-0.2, 0) is 0 Å². The van der Waals surface area contributed by atoms with E-state index in [4.69, 9.17) is 9.84 Å². The van der Waals surface area contributed by atoms with E-state index in [1.165, 1.54) is 25.4 Å². The highest BCUT2D eigenvalue weighted by Crippen LogP contribution is 2.23. The van der Waals surface area contributed by atoms with Gasteiger partial charge in [-0.05, 0) is 24.3 Å². The summed E-state index contributed by atoms with van der Waals surface area (Å²) in [5.41, 5.74) is 0.350. The molecular formula is C14H13N3O4. The SMILES string of the molecule is COc1ccccc1NC(=O)Nc1cccnc1C(=O)O. The third-order valence-electron chi connectivity index (χ3n) is 2.61. The van der Waals surface area contributed by atoms with Crippen molar-refractivity contribution in [1.29, 1.82) is 0 Å². The van der Waals surface area contributed by atoms with Gasteiger partial charge < -0.3 is 20.5 Å². The number of hydrogen-bond acceptors (Lipinski definition) is 4. The molecule has 0 fully saturated rings. The monoisotopic (exact) mass is 287 g/mol. The highest BCUT2D eigenvalue weighted by atomic mass is 16.5. The number of urea groups is 1. The molecule has 0 saturated carbocycles. The predicted octanol–water partition coefficient (Wildman–Crippen LogP) is 2.43. The number of carboxylic acids is 1. The summed E-state index contributed by atoms with van der Waals surface area (Å²) in [5, 5.41) is 14.0. The van der Waals surface area contributed by atoms with E-state index in [1.54, 1.807) is 24.3 Å². The molecule has 0 spiro atoms. The fraction of sp³-hybridized carbons (Fsp3) is 0.0714. The smallest absolute Gasteiger partial charge is 0.356 e. The molecule has 3 N–H and O–H groups in total. The first-order chi connectivity index (χ1) is 10.1. The Labute approximate surface area is 120 Å². The van der Waals surface area contributed by atoms with Gasteiger partial charge in [-0.25, -0.2) is 14.6 Å². The van der Waals surface area contributed by atoms with Crippen molar-refractivity contribution in [1.82, 2.24) is 4.98 Å². The number of hydrogen-bond donors (Lipinski definition) is 3. The maximum atomic E-state index is 11.9. The molecule has 2 amide bonds. The lowest BCUT2D eigenvalue weighted by molar-refractivity contribution is 0.0691. The highest BCUT2D eigenvalue weighted by molar-refractivity contribution is 6.04. The maximum absolute atomic E-state index is 11.9. The Morgan fingerprint density at radius 1 is 1.10 bits per heavy atom. The first-order valence-corrected chi connectivity index (χ1v) is 6.01. The number of rotatable bonds is 4. The molecule has 0 unspecified atom stereocenters. The van der Waals surface area contributed by atoms with Crippen LogP contribution in [0.2, 0.25) is 0 Å². The van der Waals surface area contributed by atoms with Crippen LogP contribution in [0.1, 0.15) is 10.5 Å². The Hall–Kier alpha value is -3.09. The molecule has 108 valence electrons. The zero-order valence-corrected chi connectivity index (χ0v) is 11.2. The molecule has 1 aromatic carbocycles. The fourth-order valence-corrected chi connectivity index (χ4v) is 1.70. The molecule has 0 radical (unpaired) electrons. The molecule has 0 saturated heterocycles. The van der Waals surface area contributed by atoms with Crippen molar-refractivity contribution in [2.45, 2.75) is 0 Å². The third kappa shape index (κ3) is 3.47. The number of nitrogens with one attached hydrogen (secondary N) is 2. The number of ether oxygens (including phenoxy) is 1. The molecule has 2 aromatic rings. The number of benzene rings is 1. The van der Waals surface area contributed by atoms with Crippen LogP contribution in [0.5, 0.6) is 5.75 Å². The zero-order chi connectivity index (χ0) is 15.2. The van der Waals surface area contributed by atoms with Crippen LogP contribution in [0.25, 0.3) is 0 Å². The summed E-state index contributed by atoms with van der Waals surface area (Å²) in [6.45, 7) is 0. The lowest BCUT2D eigenvalue weighted by Gasteiger charge is -2.11. The van der Waals surface area contributed by atoms with Gasteiger partial charge in [0, 0.05) is 6.20 Å². The van der Waals surface area contributed by atoms with Crippen molar-refractivity contribution >= 4 is 23.4 Å². The van der Waals surface area contributed by atoms with Crippen LogP contribution in [0.3, 0.4) is 0 Å². The quantitative estimate of drug-likeness (QED) is 0.801. The molecule has 21 heavy (non-hydrogen) atoms. The van der Waals surface area contributed by atoms with E-state index in [9.17, 15) is 9.59 Å². The van der Waals surface area contributed by atoms with Gasteiger partial charge in [0.25, 0.3) is 0 Å². The number of amides is 2. The van der Waals surface area contributed by atoms with Crippen LogP contribution in [-0.4, -0.2) is 29.2 Å². The average molecular weight is 287 g/mol. The van der Waals surface area contributed by atoms with Gasteiger partial charge in [-0.3, -0.25) is 0 Å². The Balaban J connectivity index is 2.14. The van der Waals surface area contributed by atoms with E-state index in [0.717, 1.165) is 0 Å². The molecule has 0 aliphatic carbocycles. The van der Waals surface area contributed by atoms with Gasteiger partial charge in [-0.2, -0.15) is 0 Å². The molecule has 0 aliphatic rings. The summed E-state index contributed by atoms with van der Waals surface area (Å²) in [4.78, 5) is 26.6. The van der Waals surface area contributed by atoms with Gasteiger partial charge in [0.15, 0.2) is 5.69 Å². The lowest BCUT2D eigenvalue weighted by atomic mass is 10.3. The van der Waals surface area contributed by atoms with Crippen LogP contribution in [0.15, 0.2) is 42.6 Å². The predicted molar refractivity (Wildman–Crippen MR) is 76.8 cm³/mol. The number of pyridine rings is 1. The number of nitrogens with zero attached hydrogens (tertiary/aromatic N) is 1. The van der Waals surface area contributed by atoms with E-state index < -0.39 is 12.0 Å². The molecule has 2 rings (SSSR count). The number of anilines is 2. The van der Waals surface area contributed by atoms with Gasteiger partial charge in [0.1, 0.15) is 5.75 Å². The Morgan fingerprint density at radius 2 is 1.76 bits per heavy atom. The molecule has 7 nitrogen and oxygen atoms in total. The normalized spacial score (nSPS) is 9.76. The summed E-state index contributed by atoms with van der Waals surface area (Å²) in [7, 11) is 1.49. The summed E-state index contributed by atoms with van der Waals surface area (Å²) >= 11 is 0. The van der Waals surface area contributed by atoms with Crippen LogP contribution >= 0.6 is 0 Å². The van der Waals surface area contributed by atoms with Crippen molar-refractivity contribution in [3.8, 4) is 5.75 Å². The standard InChI is InChI=1S/C14H13N3O4/c1-21-11-7-3-2-5-9(11)16-14(20)17-10-6-4-8-15-12(10)13(18)19/h2-8H,1H3,(H,18,19)(H2,16,17,20). The van der Waals surface area contributed by atoms with E-state index >= 15 is 0 Å². The topological polar surface area (TPSA) is 101 Å². The maximum Gasteiger partial charge on any atom is 0.356 e. The first kappa shape index (κ1) is 14.3. The molecule has 1 aromatic heterocycles. The minimum Gasteiger partial charge on any atom is -0.495 e. The van der Waals surface area contributed by atoms with Gasteiger partial charge >= 0.3 is 12.0 Å². The summed E-state index contributed by atoms with van der Waals surface area (Å²) in [6, 6.07) is 9.28. The summed E-state index contributed by atoms with van der Waals surface area (Å²) < 4.78 is 5.11. The van der Waals surface area contributed by atoms with Crippen LogP contribution in [0.4, 0.5) is 16.2 Å². The second-order valence-corrected chi connectivity index (χ2v) is 3.98. The third-order valence-corrected chi connectivity index (χ3v) is 2.61. The molecule has 0 aliphatic heterocycles. The number of carboxylic acid groups (broad SMARTS) is 1. The lowest BCUT2D eigenvalue weighted by Crippen LogP contribution is -2.21. The van der Waals surface area contributed by atoms with Gasteiger partial charge in [0.2, 0.25) is 0 Å². The molecule has 1 heterocycles. The minimum absolute atomic E-state index is 0.109. The Morgan fingerprint density at radius 3 is 2.48 bits per heavy atom. The largest absolute Gasteiger partial charge is 0.495 e. The Bertz CT molecular complexity index is 673. The minimum atomic E-state index is -1.22. The first-order valence-electron chi connectivity index (χ1n) is 6.01.